The minimum Gasteiger partial charge on any atom is -0.341 e. The second kappa shape index (κ2) is 6.11. The highest BCUT2D eigenvalue weighted by atomic mass is 16.2. The molecule has 0 spiro atoms. The van der Waals surface area contributed by atoms with E-state index in [1.165, 1.54) is 6.42 Å². The fourth-order valence-corrected chi connectivity index (χ4v) is 2.44. The van der Waals surface area contributed by atoms with Crippen LogP contribution in [0, 0.1) is 30.6 Å². The van der Waals surface area contributed by atoms with Crippen LogP contribution >= 0.6 is 0 Å². The van der Waals surface area contributed by atoms with Crippen molar-refractivity contribution < 1.29 is 4.79 Å². The highest BCUT2D eigenvalue weighted by Crippen LogP contribution is 2.38. The first-order valence-electron chi connectivity index (χ1n) is 7.07. The number of nitrogens with two attached hydrogens (primary N) is 1. The molecule has 2 N–H and O–H groups in total. The van der Waals surface area contributed by atoms with Gasteiger partial charge in [-0.3, -0.25) is 4.79 Å². The zero-order valence-electron chi connectivity index (χ0n) is 12.4. The average molecular weight is 270 g/mol. The van der Waals surface area contributed by atoms with E-state index in [9.17, 15) is 4.79 Å². The van der Waals surface area contributed by atoms with Crippen molar-refractivity contribution in [3.63, 3.8) is 0 Å². The van der Waals surface area contributed by atoms with Gasteiger partial charge >= 0.3 is 0 Å². The highest BCUT2D eigenvalue weighted by molar-refractivity contribution is 5.94. The Morgan fingerprint density at radius 2 is 2.15 bits per heavy atom. The summed E-state index contributed by atoms with van der Waals surface area (Å²) in [7, 11) is 1.88. The van der Waals surface area contributed by atoms with Gasteiger partial charge in [-0.25, -0.2) is 0 Å². The lowest BCUT2D eigenvalue weighted by Crippen LogP contribution is -2.29. The van der Waals surface area contributed by atoms with Gasteiger partial charge in [-0.05, 0) is 48.9 Å². The molecule has 0 aromatic heterocycles. The van der Waals surface area contributed by atoms with E-state index in [1.807, 2.05) is 37.1 Å². The Hall–Kier alpha value is -1.79. The summed E-state index contributed by atoms with van der Waals surface area (Å²) in [6, 6.07) is 5.75. The van der Waals surface area contributed by atoms with Crippen molar-refractivity contribution >= 4 is 5.91 Å². The Labute approximate surface area is 121 Å². The van der Waals surface area contributed by atoms with Gasteiger partial charge in [0.25, 0.3) is 5.91 Å². The molecule has 1 fully saturated rings. The van der Waals surface area contributed by atoms with Crippen LogP contribution in [0.15, 0.2) is 18.2 Å². The van der Waals surface area contributed by atoms with Crippen molar-refractivity contribution in [3.8, 4) is 11.8 Å². The number of nitrogens with zero attached hydrogens (tertiary/aromatic N) is 1. The predicted octanol–water partition coefficient (Wildman–Crippen LogP) is 2.03. The topological polar surface area (TPSA) is 46.3 Å². The molecule has 2 atom stereocenters. The number of hydrogen-bond donors (Lipinski definition) is 1. The van der Waals surface area contributed by atoms with Gasteiger partial charge in [0.15, 0.2) is 0 Å². The van der Waals surface area contributed by atoms with Gasteiger partial charge in [-0.15, -0.1) is 0 Å². The Kier molecular flexibility index (Phi) is 4.46. The summed E-state index contributed by atoms with van der Waals surface area (Å²) in [5.74, 6) is 7.32. The van der Waals surface area contributed by atoms with Gasteiger partial charge in [0.1, 0.15) is 0 Å². The quantitative estimate of drug-likeness (QED) is 0.854. The molecule has 20 heavy (non-hydrogen) atoms. The summed E-state index contributed by atoms with van der Waals surface area (Å²) in [4.78, 5) is 14.3. The minimum atomic E-state index is 0.0728. The number of aryl methyl sites for hydroxylation is 1. The van der Waals surface area contributed by atoms with Gasteiger partial charge in [0, 0.05) is 24.7 Å². The molecule has 1 saturated carbocycles. The van der Waals surface area contributed by atoms with Crippen LogP contribution in [0.2, 0.25) is 0 Å². The number of hydrogen-bond acceptors (Lipinski definition) is 2. The van der Waals surface area contributed by atoms with E-state index in [0.717, 1.165) is 23.6 Å². The summed E-state index contributed by atoms with van der Waals surface area (Å²) in [5, 5.41) is 0. The van der Waals surface area contributed by atoms with Crippen molar-refractivity contribution in [2.45, 2.75) is 20.3 Å². The van der Waals surface area contributed by atoms with Gasteiger partial charge < -0.3 is 10.6 Å². The van der Waals surface area contributed by atoms with Crippen LogP contribution in [0.4, 0.5) is 0 Å². The largest absolute Gasteiger partial charge is 0.341 e. The smallest absolute Gasteiger partial charge is 0.253 e. The van der Waals surface area contributed by atoms with Gasteiger partial charge in [0.05, 0.1) is 6.54 Å². The van der Waals surface area contributed by atoms with E-state index in [0.29, 0.717) is 18.0 Å². The third kappa shape index (κ3) is 3.61. The molecule has 1 amide bonds. The molecule has 0 aliphatic heterocycles. The molecular weight excluding hydrogens is 248 g/mol. The third-order valence-corrected chi connectivity index (χ3v) is 3.79. The van der Waals surface area contributed by atoms with Crippen molar-refractivity contribution in [1.29, 1.82) is 0 Å². The predicted molar refractivity (Wildman–Crippen MR) is 81.3 cm³/mol. The first-order valence-corrected chi connectivity index (χ1v) is 7.07. The van der Waals surface area contributed by atoms with Crippen LogP contribution in [-0.2, 0) is 0 Å². The van der Waals surface area contributed by atoms with E-state index in [1.54, 1.807) is 0 Å². The molecule has 1 aromatic rings. The van der Waals surface area contributed by atoms with Crippen LogP contribution in [-0.4, -0.2) is 30.9 Å². The standard InChI is InChI=1S/C17H22N2O/c1-12-7-14(5-4-6-18)10-15(8-12)17(20)19(3)11-16-9-13(16)2/h7-8,10,13,16H,6,9,11,18H2,1-3H3. The van der Waals surface area contributed by atoms with Gasteiger partial charge in [0.2, 0.25) is 0 Å². The fraction of sp³-hybridized carbons (Fsp3) is 0.471. The van der Waals surface area contributed by atoms with E-state index in [-0.39, 0.29) is 5.91 Å². The summed E-state index contributed by atoms with van der Waals surface area (Å²) in [6.45, 7) is 5.39. The summed E-state index contributed by atoms with van der Waals surface area (Å²) in [5.41, 5.74) is 8.00. The number of rotatable bonds is 3. The van der Waals surface area contributed by atoms with Crippen LogP contribution in [0.3, 0.4) is 0 Å². The van der Waals surface area contributed by atoms with Crippen molar-refractivity contribution in [1.82, 2.24) is 4.90 Å². The molecule has 0 radical (unpaired) electrons. The lowest BCUT2D eigenvalue weighted by atomic mass is 10.1. The molecule has 1 aliphatic rings. The Balaban J connectivity index is 2.14. The number of carbonyl (C=O) groups is 1. The molecule has 2 rings (SSSR count). The van der Waals surface area contributed by atoms with Gasteiger partial charge in [-0.2, -0.15) is 0 Å². The maximum atomic E-state index is 12.4. The average Bonchev–Trinajstić information content (AvgIpc) is 3.10. The Morgan fingerprint density at radius 3 is 2.75 bits per heavy atom. The maximum absolute atomic E-state index is 12.4. The summed E-state index contributed by atoms with van der Waals surface area (Å²) >= 11 is 0. The molecule has 0 bridgehead atoms. The van der Waals surface area contributed by atoms with E-state index < -0.39 is 0 Å². The lowest BCUT2D eigenvalue weighted by molar-refractivity contribution is 0.0787. The minimum absolute atomic E-state index is 0.0728. The van der Waals surface area contributed by atoms with Crippen molar-refractivity contribution in [2.24, 2.45) is 17.6 Å². The molecule has 1 aromatic carbocycles. The maximum Gasteiger partial charge on any atom is 0.253 e. The van der Waals surface area contributed by atoms with Crippen LogP contribution in [0.1, 0.15) is 34.8 Å². The zero-order valence-corrected chi connectivity index (χ0v) is 12.4. The molecule has 1 aliphatic carbocycles. The molecular formula is C17H22N2O. The van der Waals surface area contributed by atoms with Gasteiger partial charge in [-0.1, -0.05) is 18.8 Å². The highest BCUT2D eigenvalue weighted by Gasteiger charge is 2.34. The van der Waals surface area contributed by atoms with Crippen LogP contribution in [0.5, 0.6) is 0 Å². The SMILES string of the molecule is Cc1cc(C#CCN)cc(C(=O)N(C)CC2CC2C)c1. The lowest BCUT2D eigenvalue weighted by Gasteiger charge is -2.17. The number of carbonyl (C=O) groups excluding carboxylic acids is 1. The fourth-order valence-electron chi connectivity index (χ4n) is 2.44. The normalized spacial score (nSPS) is 20.0. The molecule has 106 valence electrons. The first-order chi connectivity index (χ1) is 9.51. The number of amides is 1. The first kappa shape index (κ1) is 14.6. The zero-order chi connectivity index (χ0) is 14.7. The monoisotopic (exact) mass is 270 g/mol. The third-order valence-electron chi connectivity index (χ3n) is 3.79. The van der Waals surface area contributed by atoms with Crippen LogP contribution < -0.4 is 5.73 Å². The molecule has 0 heterocycles. The van der Waals surface area contributed by atoms with Crippen molar-refractivity contribution in [3.05, 3.63) is 34.9 Å². The van der Waals surface area contributed by atoms with E-state index in [2.05, 4.69) is 18.8 Å². The summed E-state index contributed by atoms with van der Waals surface area (Å²) < 4.78 is 0. The number of benzene rings is 1. The Morgan fingerprint density at radius 1 is 1.45 bits per heavy atom. The van der Waals surface area contributed by atoms with E-state index >= 15 is 0 Å². The second-order valence-electron chi connectivity index (χ2n) is 5.75. The van der Waals surface area contributed by atoms with Crippen molar-refractivity contribution in [2.75, 3.05) is 20.1 Å². The van der Waals surface area contributed by atoms with E-state index in [4.69, 9.17) is 5.73 Å². The van der Waals surface area contributed by atoms with Crippen LogP contribution in [0.25, 0.3) is 0 Å². The molecule has 3 nitrogen and oxygen atoms in total. The molecule has 3 heteroatoms. The molecule has 2 unspecified atom stereocenters. The molecule has 0 saturated heterocycles. The Bertz CT molecular complexity index is 568. The second-order valence-corrected chi connectivity index (χ2v) is 5.75. The summed E-state index contributed by atoms with van der Waals surface area (Å²) in [6.07, 6.45) is 1.23.